The molecule has 3 rings (SSSR count). The number of likely N-dealkylation sites (N-methyl/N-ethyl adjacent to an activating group) is 1. The fraction of sp³-hybridized carbons (Fsp3) is 0.438. The molecule has 0 radical (unpaired) electrons. The van der Waals surface area contributed by atoms with Crippen LogP contribution in [-0.4, -0.2) is 26.8 Å². The lowest BCUT2D eigenvalue weighted by Crippen LogP contribution is -2.35. The number of rotatable bonds is 4. The van der Waals surface area contributed by atoms with Gasteiger partial charge in [-0.25, -0.2) is 13.9 Å². The summed E-state index contributed by atoms with van der Waals surface area (Å²) in [7, 11) is 0. The molecule has 24 heavy (non-hydrogen) atoms. The van der Waals surface area contributed by atoms with Crippen LogP contribution in [0.25, 0.3) is 0 Å². The van der Waals surface area contributed by atoms with E-state index in [2.05, 4.69) is 10.4 Å². The lowest BCUT2D eigenvalue weighted by molar-refractivity contribution is -0.123. The van der Waals surface area contributed by atoms with Gasteiger partial charge in [0.25, 0.3) is 0 Å². The zero-order valence-corrected chi connectivity index (χ0v) is 14.0. The molecule has 8 heteroatoms. The Morgan fingerprint density at radius 3 is 3.00 bits per heavy atom. The zero-order chi connectivity index (χ0) is 17.3. The molecule has 0 spiro atoms. The highest BCUT2D eigenvalue weighted by molar-refractivity contribution is 6.31. The van der Waals surface area contributed by atoms with E-state index in [4.69, 9.17) is 11.6 Å². The van der Waals surface area contributed by atoms with E-state index < -0.39 is 11.7 Å². The predicted octanol–water partition coefficient (Wildman–Crippen LogP) is 1.90. The van der Waals surface area contributed by atoms with E-state index >= 15 is 0 Å². The molecule has 1 N–H and O–H groups in total. The number of carbonyl (C=O) groups excluding carboxylic acids is 1. The Morgan fingerprint density at radius 1 is 1.50 bits per heavy atom. The predicted molar refractivity (Wildman–Crippen MR) is 87.7 cm³/mol. The molecule has 1 aromatic heterocycles. The van der Waals surface area contributed by atoms with Crippen molar-refractivity contribution in [3.05, 3.63) is 50.9 Å². The van der Waals surface area contributed by atoms with Crippen LogP contribution >= 0.6 is 11.6 Å². The standard InChI is InChI=1S/C16H18ClFN4O2/c1-2-19-15(23)10-5-4-8-21-14(10)20-22(16(21)24)9-11-12(17)6-3-7-13(11)18/h3,6-7,10H,2,4-5,8-9H2,1H3,(H,19,23). The highest BCUT2D eigenvalue weighted by Gasteiger charge is 2.31. The molecule has 0 bridgehead atoms. The molecule has 1 amide bonds. The third kappa shape index (κ3) is 2.96. The lowest BCUT2D eigenvalue weighted by Gasteiger charge is -2.20. The molecular weight excluding hydrogens is 335 g/mol. The van der Waals surface area contributed by atoms with Crippen molar-refractivity contribution in [1.82, 2.24) is 19.7 Å². The van der Waals surface area contributed by atoms with Crippen LogP contribution in [0.2, 0.25) is 5.02 Å². The van der Waals surface area contributed by atoms with Gasteiger partial charge in [-0.2, -0.15) is 5.10 Å². The highest BCUT2D eigenvalue weighted by atomic mass is 35.5. The molecule has 1 atom stereocenters. The third-order valence-corrected chi connectivity index (χ3v) is 4.53. The molecule has 2 heterocycles. The number of nitrogens with one attached hydrogen (secondary N) is 1. The monoisotopic (exact) mass is 352 g/mol. The topological polar surface area (TPSA) is 68.9 Å². The summed E-state index contributed by atoms with van der Waals surface area (Å²) in [6, 6.07) is 4.37. The van der Waals surface area contributed by atoms with Gasteiger partial charge in [-0.15, -0.1) is 0 Å². The SMILES string of the molecule is CCNC(=O)C1CCCn2c1nn(Cc1c(F)cccc1Cl)c2=O. The van der Waals surface area contributed by atoms with Gasteiger partial charge < -0.3 is 5.32 Å². The summed E-state index contributed by atoms with van der Waals surface area (Å²) in [4.78, 5) is 24.7. The second-order valence-electron chi connectivity index (χ2n) is 5.74. The molecule has 1 unspecified atom stereocenters. The molecule has 0 saturated heterocycles. The van der Waals surface area contributed by atoms with Crippen molar-refractivity contribution >= 4 is 17.5 Å². The molecule has 128 valence electrons. The van der Waals surface area contributed by atoms with Crippen molar-refractivity contribution in [2.45, 2.75) is 38.8 Å². The lowest BCUT2D eigenvalue weighted by atomic mass is 9.98. The average molecular weight is 353 g/mol. The maximum absolute atomic E-state index is 14.0. The number of fused-ring (bicyclic) bond motifs is 1. The number of hydrogen-bond donors (Lipinski definition) is 1. The normalized spacial score (nSPS) is 16.7. The van der Waals surface area contributed by atoms with Gasteiger partial charge in [-0.05, 0) is 31.9 Å². The summed E-state index contributed by atoms with van der Waals surface area (Å²) in [5.41, 5.74) is -0.135. The number of benzene rings is 1. The van der Waals surface area contributed by atoms with E-state index in [0.717, 1.165) is 6.42 Å². The molecule has 1 aliphatic heterocycles. The van der Waals surface area contributed by atoms with E-state index in [1.807, 2.05) is 6.92 Å². The molecule has 6 nitrogen and oxygen atoms in total. The van der Waals surface area contributed by atoms with Crippen molar-refractivity contribution in [2.24, 2.45) is 0 Å². The van der Waals surface area contributed by atoms with E-state index in [1.165, 1.54) is 21.4 Å². The number of carbonyl (C=O) groups is 1. The second-order valence-corrected chi connectivity index (χ2v) is 6.15. The average Bonchev–Trinajstić information content (AvgIpc) is 2.87. The Hall–Kier alpha value is -2.15. The van der Waals surface area contributed by atoms with Crippen molar-refractivity contribution < 1.29 is 9.18 Å². The summed E-state index contributed by atoms with van der Waals surface area (Å²) >= 11 is 6.02. The molecule has 2 aromatic rings. The molecule has 0 aliphatic carbocycles. The van der Waals surface area contributed by atoms with Crippen LogP contribution in [0.3, 0.4) is 0 Å². The van der Waals surface area contributed by atoms with Crippen LogP contribution < -0.4 is 11.0 Å². The number of halogens is 2. The fourth-order valence-electron chi connectivity index (χ4n) is 2.99. The van der Waals surface area contributed by atoms with Crippen molar-refractivity contribution in [3.63, 3.8) is 0 Å². The second kappa shape index (κ2) is 6.76. The Balaban J connectivity index is 1.98. The van der Waals surface area contributed by atoms with Crippen LogP contribution in [0, 0.1) is 5.82 Å². The summed E-state index contributed by atoms with van der Waals surface area (Å²) in [5.74, 6) is -0.645. The maximum Gasteiger partial charge on any atom is 0.346 e. The van der Waals surface area contributed by atoms with Crippen molar-refractivity contribution in [3.8, 4) is 0 Å². The van der Waals surface area contributed by atoms with E-state index in [-0.39, 0.29) is 28.7 Å². The van der Waals surface area contributed by atoms with Gasteiger partial charge in [0, 0.05) is 23.7 Å². The summed E-state index contributed by atoms with van der Waals surface area (Å²) in [5, 5.41) is 7.31. The van der Waals surface area contributed by atoms with Crippen LogP contribution in [0.4, 0.5) is 4.39 Å². The Bertz CT molecular complexity index is 810. The van der Waals surface area contributed by atoms with Crippen LogP contribution in [0.15, 0.2) is 23.0 Å². The summed E-state index contributed by atoms with van der Waals surface area (Å²) < 4.78 is 16.6. The van der Waals surface area contributed by atoms with Crippen molar-refractivity contribution in [2.75, 3.05) is 6.54 Å². The molecular formula is C16H18ClFN4O2. The molecule has 1 aliphatic rings. The summed E-state index contributed by atoms with van der Waals surface area (Å²) in [6.07, 6.45) is 1.36. The first-order valence-electron chi connectivity index (χ1n) is 7.91. The van der Waals surface area contributed by atoms with Gasteiger partial charge >= 0.3 is 5.69 Å². The minimum Gasteiger partial charge on any atom is -0.356 e. The first-order chi connectivity index (χ1) is 11.5. The Morgan fingerprint density at radius 2 is 2.29 bits per heavy atom. The smallest absolute Gasteiger partial charge is 0.346 e. The maximum atomic E-state index is 14.0. The number of amides is 1. The molecule has 1 aromatic carbocycles. The van der Waals surface area contributed by atoms with Gasteiger partial charge in [-0.1, -0.05) is 17.7 Å². The fourth-order valence-corrected chi connectivity index (χ4v) is 3.21. The van der Waals surface area contributed by atoms with E-state index in [0.29, 0.717) is 25.3 Å². The minimum atomic E-state index is -0.486. The van der Waals surface area contributed by atoms with Gasteiger partial charge in [-0.3, -0.25) is 9.36 Å². The Kier molecular flexibility index (Phi) is 4.71. The summed E-state index contributed by atoms with van der Waals surface area (Å²) in [6.45, 7) is 2.80. The first-order valence-corrected chi connectivity index (χ1v) is 8.28. The van der Waals surface area contributed by atoms with Crippen LogP contribution in [-0.2, 0) is 17.9 Å². The first kappa shape index (κ1) is 16.7. The van der Waals surface area contributed by atoms with Crippen LogP contribution in [0.5, 0.6) is 0 Å². The van der Waals surface area contributed by atoms with Crippen molar-refractivity contribution in [1.29, 1.82) is 0 Å². The van der Waals surface area contributed by atoms with E-state index in [9.17, 15) is 14.0 Å². The quantitative estimate of drug-likeness (QED) is 0.913. The minimum absolute atomic E-state index is 0.0630. The van der Waals surface area contributed by atoms with Gasteiger partial charge in [0.2, 0.25) is 5.91 Å². The largest absolute Gasteiger partial charge is 0.356 e. The van der Waals surface area contributed by atoms with Gasteiger partial charge in [0.15, 0.2) is 0 Å². The van der Waals surface area contributed by atoms with E-state index in [1.54, 1.807) is 6.07 Å². The van der Waals surface area contributed by atoms with Gasteiger partial charge in [0.05, 0.1) is 12.5 Å². The molecule has 0 fully saturated rings. The molecule has 0 saturated carbocycles. The Labute approximate surface area is 143 Å². The van der Waals surface area contributed by atoms with Crippen LogP contribution in [0.1, 0.15) is 37.1 Å². The zero-order valence-electron chi connectivity index (χ0n) is 13.3. The number of hydrogen-bond acceptors (Lipinski definition) is 3. The highest BCUT2D eigenvalue weighted by Crippen LogP contribution is 2.25. The third-order valence-electron chi connectivity index (χ3n) is 4.17. The number of nitrogens with zero attached hydrogens (tertiary/aromatic N) is 3. The van der Waals surface area contributed by atoms with Gasteiger partial charge in [0.1, 0.15) is 11.6 Å². The number of aromatic nitrogens is 3.